The second-order valence-corrected chi connectivity index (χ2v) is 10.9. The third-order valence-electron chi connectivity index (χ3n) is 5.16. The van der Waals surface area contributed by atoms with E-state index >= 15 is 0 Å². The van der Waals surface area contributed by atoms with Crippen LogP contribution >= 0.6 is 34.5 Å². The van der Waals surface area contributed by atoms with Crippen molar-refractivity contribution in [3.8, 4) is 0 Å². The van der Waals surface area contributed by atoms with Gasteiger partial charge >= 0.3 is 0 Å². The fraction of sp³-hybridized carbons (Fsp3) is 0.333. The highest BCUT2D eigenvalue weighted by molar-refractivity contribution is 7.89. The molecule has 1 fully saturated rings. The minimum absolute atomic E-state index is 0.124. The molecule has 2 aromatic carbocycles. The summed E-state index contributed by atoms with van der Waals surface area (Å²) < 4.78 is 40.0. The van der Waals surface area contributed by atoms with Crippen molar-refractivity contribution in [3.63, 3.8) is 0 Å². The summed E-state index contributed by atoms with van der Waals surface area (Å²) in [5.74, 6) is -0.495. The van der Waals surface area contributed by atoms with Crippen molar-refractivity contribution in [2.75, 3.05) is 40.0 Å². The molecule has 0 saturated carbocycles. The van der Waals surface area contributed by atoms with Gasteiger partial charge in [-0.2, -0.15) is 9.30 Å². The van der Waals surface area contributed by atoms with E-state index in [9.17, 15) is 13.2 Å². The van der Waals surface area contributed by atoms with Gasteiger partial charge in [-0.25, -0.2) is 8.42 Å². The Labute approximate surface area is 205 Å². The summed E-state index contributed by atoms with van der Waals surface area (Å²) in [6, 6.07) is 9.31. The number of amides is 1. The van der Waals surface area contributed by atoms with Gasteiger partial charge in [0.1, 0.15) is 0 Å². The Hall–Kier alpha value is -1.79. The Balaban J connectivity index is 1.67. The molecule has 3 aromatic rings. The molecule has 0 N–H and O–H groups in total. The summed E-state index contributed by atoms with van der Waals surface area (Å²) in [7, 11) is -2.06. The highest BCUT2D eigenvalue weighted by Crippen LogP contribution is 2.32. The molecule has 1 aliphatic rings. The molecule has 2 heterocycles. The van der Waals surface area contributed by atoms with Crippen LogP contribution in [0.5, 0.6) is 0 Å². The lowest BCUT2D eigenvalue weighted by atomic mass is 10.2. The number of morpholine rings is 1. The van der Waals surface area contributed by atoms with Gasteiger partial charge in [-0.3, -0.25) is 4.79 Å². The van der Waals surface area contributed by atoms with E-state index in [0.717, 1.165) is 4.70 Å². The van der Waals surface area contributed by atoms with Crippen LogP contribution in [0.25, 0.3) is 10.2 Å². The zero-order valence-corrected chi connectivity index (χ0v) is 20.8. The van der Waals surface area contributed by atoms with Gasteiger partial charge in [-0.1, -0.05) is 34.5 Å². The Kier molecular flexibility index (Phi) is 7.54. The van der Waals surface area contributed by atoms with Crippen LogP contribution in [0.1, 0.15) is 10.4 Å². The van der Waals surface area contributed by atoms with E-state index in [1.54, 1.807) is 17.7 Å². The number of sulfonamides is 1. The van der Waals surface area contributed by atoms with Crippen molar-refractivity contribution in [2.24, 2.45) is 4.99 Å². The third kappa shape index (κ3) is 5.02. The van der Waals surface area contributed by atoms with Gasteiger partial charge in [0.25, 0.3) is 5.91 Å². The third-order valence-corrected chi connectivity index (χ3v) is 8.91. The predicted molar refractivity (Wildman–Crippen MR) is 128 cm³/mol. The van der Waals surface area contributed by atoms with E-state index < -0.39 is 15.9 Å². The van der Waals surface area contributed by atoms with Crippen molar-refractivity contribution < 1.29 is 22.7 Å². The summed E-state index contributed by atoms with van der Waals surface area (Å²) in [6.45, 7) is 2.16. The maximum Gasteiger partial charge on any atom is 0.279 e. The van der Waals surface area contributed by atoms with Crippen LogP contribution in [0.3, 0.4) is 0 Å². The molecule has 1 aliphatic heterocycles. The van der Waals surface area contributed by atoms with E-state index in [1.807, 2.05) is 6.07 Å². The molecule has 0 aliphatic carbocycles. The van der Waals surface area contributed by atoms with E-state index in [-0.39, 0.29) is 10.5 Å². The smallest absolute Gasteiger partial charge is 0.279 e. The Morgan fingerprint density at radius 1 is 1.15 bits per heavy atom. The van der Waals surface area contributed by atoms with Gasteiger partial charge in [-0.05, 0) is 36.4 Å². The first-order valence-corrected chi connectivity index (χ1v) is 13.1. The molecule has 8 nitrogen and oxygen atoms in total. The molecule has 1 aromatic heterocycles. The van der Waals surface area contributed by atoms with E-state index in [1.165, 1.54) is 39.9 Å². The van der Waals surface area contributed by atoms with Crippen molar-refractivity contribution in [1.29, 1.82) is 0 Å². The molecular formula is C21H21Cl2N3O5S2. The second kappa shape index (κ2) is 10.2. The number of fused-ring (bicyclic) bond motifs is 1. The van der Waals surface area contributed by atoms with Crippen molar-refractivity contribution in [3.05, 3.63) is 56.8 Å². The maximum atomic E-state index is 12.9. The maximum absolute atomic E-state index is 12.9. The SMILES string of the molecule is COCCn1c(=NC(=O)c2ccc(S(=O)(=O)N3CCOCC3)cc2)sc2ccc(Cl)c(Cl)c21. The van der Waals surface area contributed by atoms with Gasteiger partial charge in [0.2, 0.25) is 10.0 Å². The average Bonchev–Trinajstić information content (AvgIpc) is 3.18. The second-order valence-electron chi connectivity index (χ2n) is 7.19. The summed E-state index contributed by atoms with van der Waals surface area (Å²) >= 11 is 13.9. The molecule has 0 bridgehead atoms. The van der Waals surface area contributed by atoms with Crippen LogP contribution in [-0.4, -0.2) is 63.2 Å². The molecule has 4 rings (SSSR count). The molecule has 33 heavy (non-hydrogen) atoms. The average molecular weight is 530 g/mol. The molecule has 1 amide bonds. The first-order valence-electron chi connectivity index (χ1n) is 10.1. The van der Waals surface area contributed by atoms with Crippen LogP contribution < -0.4 is 4.80 Å². The van der Waals surface area contributed by atoms with Crippen molar-refractivity contribution in [2.45, 2.75) is 11.4 Å². The van der Waals surface area contributed by atoms with Crippen LogP contribution in [0.2, 0.25) is 10.0 Å². The summed E-state index contributed by atoms with van der Waals surface area (Å²) in [5.41, 5.74) is 0.959. The summed E-state index contributed by atoms with van der Waals surface area (Å²) in [5, 5.41) is 0.788. The highest BCUT2D eigenvalue weighted by atomic mass is 35.5. The van der Waals surface area contributed by atoms with Crippen LogP contribution in [0.15, 0.2) is 46.3 Å². The number of ether oxygens (including phenoxy) is 2. The largest absolute Gasteiger partial charge is 0.383 e. The minimum Gasteiger partial charge on any atom is -0.383 e. The molecule has 0 radical (unpaired) electrons. The molecule has 0 unspecified atom stereocenters. The van der Waals surface area contributed by atoms with E-state index in [4.69, 9.17) is 32.7 Å². The number of methoxy groups -OCH3 is 1. The zero-order valence-electron chi connectivity index (χ0n) is 17.7. The number of halogens is 2. The number of hydrogen-bond donors (Lipinski definition) is 0. The van der Waals surface area contributed by atoms with E-state index in [0.29, 0.717) is 59.8 Å². The van der Waals surface area contributed by atoms with E-state index in [2.05, 4.69) is 4.99 Å². The summed E-state index contributed by atoms with van der Waals surface area (Å²) in [6.07, 6.45) is 0. The number of carbonyl (C=O) groups is 1. The fourth-order valence-electron chi connectivity index (χ4n) is 3.44. The lowest BCUT2D eigenvalue weighted by Crippen LogP contribution is -2.40. The molecule has 12 heteroatoms. The van der Waals surface area contributed by atoms with Gasteiger partial charge in [-0.15, -0.1) is 0 Å². The highest BCUT2D eigenvalue weighted by Gasteiger charge is 2.26. The zero-order chi connectivity index (χ0) is 23.6. The number of carbonyl (C=O) groups excluding carboxylic acids is 1. The van der Waals surface area contributed by atoms with Crippen molar-refractivity contribution >= 4 is 60.7 Å². The Morgan fingerprint density at radius 2 is 1.85 bits per heavy atom. The van der Waals surface area contributed by atoms with Crippen LogP contribution in [-0.2, 0) is 26.0 Å². The standard InChI is InChI=1S/C21H21Cl2N3O5S2/c1-30-11-10-26-19-17(7-6-16(22)18(19)23)32-21(26)24-20(27)14-2-4-15(5-3-14)33(28,29)25-8-12-31-13-9-25/h2-7H,8-13H2,1H3. The lowest BCUT2D eigenvalue weighted by Gasteiger charge is -2.26. The Bertz CT molecular complexity index is 1340. The minimum atomic E-state index is -3.64. The number of thiazole rings is 1. The van der Waals surface area contributed by atoms with Gasteiger partial charge in [0, 0.05) is 32.3 Å². The van der Waals surface area contributed by atoms with Gasteiger partial charge in [0.15, 0.2) is 4.80 Å². The first-order chi connectivity index (χ1) is 15.8. The normalized spacial score (nSPS) is 15.9. The predicted octanol–water partition coefficient (Wildman–Crippen LogP) is 3.42. The summed E-state index contributed by atoms with van der Waals surface area (Å²) in [4.78, 5) is 17.7. The number of hydrogen-bond acceptors (Lipinski definition) is 6. The van der Waals surface area contributed by atoms with Crippen LogP contribution in [0.4, 0.5) is 0 Å². The monoisotopic (exact) mass is 529 g/mol. The number of aromatic nitrogens is 1. The molecule has 0 atom stereocenters. The number of rotatable bonds is 6. The Morgan fingerprint density at radius 3 is 2.52 bits per heavy atom. The first kappa shape index (κ1) is 24.3. The lowest BCUT2D eigenvalue weighted by molar-refractivity contribution is 0.0730. The quantitative estimate of drug-likeness (QED) is 0.487. The number of nitrogens with zero attached hydrogens (tertiary/aromatic N) is 3. The van der Waals surface area contributed by atoms with Gasteiger partial charge in [0.05, 0.1) is 45.0 Å². The van der Waals surface area contributed by atoms with Gasteiger partial charge < -0.3 is 14.0 Å². The van der Waals surface area contributed by atoms with Crippen molar-refractivity contribution in [1.82, 2.24) is 8.87 Å². The molecular weight excluding hydrogens is 509 g/mol. The fourth-order valence-corrected chi connectivity index (χ4v) is 6.38. The molecule has 0 spiro atoms. The van der Waals surface area contributed by atoms with Crippen LogP contribution in [0, 0.1) is 0 Å². The topological polar surface area (TPSA) is 90.2 Å². The molecule has 1 saturated heterocycles. The number of benzene rings is 2. The molecule has 176 valence electrons.